The van der Waals surface area contributed by atoms with Crippen LogP contribution in [0.25, 0.3) is 0 Å². The summed E-state index contributed by atoms with van der Waals surface area (Å²) in [5.41, 5.74) is 3.09. The van der Waals surface area contributed by atoms with Crippen LogP contribution in [0.4, 0.5) is 4.39 Å². The molecule has 0 spiro atoms. The van der Waals surface area contributed by atoms with Crippen LogP contribution in [0.15, 0.2) is 42.9 Å². The maximum absolute atomic E-state index is 13.0. The first-order valence-electron chi connectivity index (χ1n) is 10.9. The van der Waals surface area contributed by atoms with E-state index in [2.05, 4.69) is 27.1 Å². The van der Waals surface area contributed by atoms with Gasteiger partial charge in [-0.2, -0.15) is 5.10 Å². The van der Waals surface area contributed by atoms with Gasteiger partial charge in [0.2, 0.25) is 5.78 Å². The Bertz CT molecular complexity index is 964. The zero-order valence-corrected chi connectivity index (χ0v) is 17.9. The quantitative estimate of drug-likeness (QED) is 0.231. The lowest BCUT2D eigenvalue weighted by Crippen LogP contribution is -2.19. The number of aryl methyl sites for hydroxylation is 1. The van der Waals surface area contributed by atoms with E-state index in [0.717, 1.165) is 61.8 Å². The van der Waals surface area contributed by atoms with Crippen molar-refractivity contribution < 1.29 is 14.0 Å². The second kappa shape index (κ2) is 11.3. The monoisotopic (exact) mass is 424 g/mol. The van der Waals surface area contributed by atoms with Crippen molar-refractivity contribution in [2.24, 2.45) is 0 Å². The first-order chi connectivity index (χ1) is 15.1. The van der Waals surface area contributed by atoms with Gasteiger partial charge in [-0.1, -0.05) is 38.3 Å². The van der Waals surface area contributed by atoms with Crippen LogP contribution in [0.5, 0.6) is 0 Å². The molecule has 164 valence electrons. The van der Waals surface area contributed by atoms with Crippen molar-refractivity contribution in [1.82, 2.24) is 20.2 Å². The number of rotatable bonds is 13. The molecule has 2 aromatic heterocycles. The molecule has 2 heterocycles. The number of unbranched alkanes of at least 4 members (excludes halogenated alkanes) is 2. The lowest BCUT2D eigenvalue weighted by Gasteiger charge is -2.17. The predicted octanol–water partition coefficient (Wildman–Crippen LogP) is 4.95. The summed E-state index contributed by atoms with van der Waals surface area (Å²) in [5.74, 6) is -1.03. The summed E-state index contributed by atoms with van der Waals surface area (Å²) < 4.78 is 13.0. The van der Waals surface area contributed by atoms with Gasteiger partial charge >= 0.3 is 0 Å². The fourth-order valence-electron chi connectivity index (χ4n) is 3.98. The van der Waals surface area contributed by atoms with E-state index in [0.29, 0.717) is 5.92 Å². The molecule has 2 N–H and O–H groups in total. The van der Waals surface area contributed by atoms with E-state index in [1.807, 2.05) is 24.4 Å². The van der Waals surface area contributed by atoms with Crippen LogP contribution in [-0.4, -0.2) is 31.7 Å². The van der Waals surface area contributed by atoms with Crippen molar-refractivity contribution in [3.63, 3.8) is 0 Å². The van der Waals surface area contributed by atoms with Gasteiger partial charge in [-0.05, 0) is 60.9 Å². The summed E-state index contributed by atoms with van der Waals surface area (Å²) in [6, 6.07) is 8.59. The summed E-state index contributed by atoms with van der Waals surface area (Å²) >= 11 is 0. The summed E-state index contributed by atoms with van der Waals surface area (Å²) in [5, 5.41) is 6.08. The van der Waals surface area contributed by atoms with Crippen LogP contribution in [0, 0.1) is 5.82 Å². The molecule has 3 aromatic rings. The molecule has 3 rings (SSSR count). The predicted molar refractivity (Wildman–Crippen MR) is 116 cm³/mol. The highest BCUT2D eigenvalue weighted by Crippen LogP contribution is 2.29. The molecule has 0 radical (unpaired) electrons. The molecule has 0 aliphatic carbocycles. The summed E-state index contributed by atoms with van der Waals surface area (Å²) in [4.78, 5) is 31.7. The molecule has 0 aliphatic heterocycles. The standard InChI is InChI=1S/C24H29FN4O2/c1-2-6-18(8-5-3-4-7-17-9-11-20(25)12-10-17)22-19(13-14-26-22)15-21(30)23(31)24-27-16-28-29-24/h9-14,16,18,26H,2-8,15H2,1H3,(H,27,28,29). The Hall–Kier alpha value is -3.09. The lowest BCUT2D eigenvalue weighted by atomic mass is 9.89. The lowest BCUT2D eigenvalue weighted by molar-refractivity contribution is -0.114. The normalized spacial score (nSPS) is 12.1. The largest absolute Gasteiger partial charge is 0.365 e. The summed E-state index contributed by atoms with van der Waals surface area (Å²) in [6.45, 7) is 2.16. The number of carbonyl (C=O) groups is 2. The highest BCUT2D eigenvalue weighted by molar-refractivity contribution is 6.43. The number of hydrogen-bond donors (Lipinski definition) is 2. The smallest absolute Gasteiger partial charge is 0.265 e. The number of nitrogens with one attached hydrogen (secondary N) is 2. The number of H-pyrrole nitrogens is 2. The molecule has 1 aromatic carbocycles. The van der Waals surface area contributed by atoms with E-state index in [1.165, 1.54) is 18.5 Å². The van der Waals surface area contributed by atoms with E-state index in [9.17, 15) is 14.0 Å². The second-order valence-corrected chi connectivity index (χ2v) is 7.89. The number of nitrogens with zero attached hydrogens (tertiary/aromatic N) is 2. The minimum absolute atomic E-state index is 0.0200. The number of aromatic amines is 2. The van der Waals surface area contributed by atoms with Crippen molar-refractivity contribution in [1.29, 1.82) is 0 Å². The molecule has 0 saturated heterocycles. The van der Waals surface area contributed by atoms with Gasteiger partial charge in [-0.3, -0.25) is 14.7 Å². The van der Waals surface area contributed by atoms with Gasteiger partial charge in [0.15, 0.2) is 5.82 Å². The molecular formula is C24H29FN4O2. The number of Topliss-reactive ketones (excluding diaryl/α,β-unsaturated/α-hetero) is 2. The Morgan fingerprint density at radius 3 is 2.58 bits per heavy atom. The first-order valence-corrected chi connectivity index (χ1v) is 10.9. The number of hydrogen-bond acceptors (Lipinski definition) is 4. The highest BCUT2D eigenvalue weighted by atomic mass is 19.1. The van der Waals surface area contributed by atoms with Crippen LogP contribution in [0.1, 0.15) is 78.8 Å². The van der Waals surface area contributed by atoms with Crippen LogP contribution in [0.3, 0.4) is 0 Å². The molecule has 6 nitrogen and oxygen atoms in total. The van der Waals surface area contributed by atoms with Crippen LogP contribution < -0.4 is 0 Å². The minimum atomic E-state index is -0.641. The van der Waals surface area contributed by atoms with Gasteiger partial charge in [0.1, 0.15) is 12.1 Å². The summed E-state index contributed by atoms with van der Waals surface area (Å²) in [6.07, 6.45) is 10.4. The Morgan fingerprint density at radius 1 is 1.06 bits per heavy atom. The third kappa shape index (κ3) is 6.44. The SMILES string of the molecule is CCCC(CCCCCc1ccc(F)cc1)c1[nH]ccc1CC(=O)C(=O)c1ncn[nH]1. The Balaban J connectivity index is 1.52. The van der Waals surface area contributed by atoms with E-state index < -0.39 is 11.6 Å². The number of ketones is 2. The molecule has 1 unspecified atom stereocenters. The molecule has 0 fully saturated rings. The van der Waals surface area contributed by atoms with Crippen molar-refractivity contribution >= 4 is 11.6 Å². The van der Waals surface area contributed by atoms with Gasteiger partial charge in [-0.25, -0.2) is 9.37 Å². The molecule has 0 saturated carbocycles. The third-order valence-corrected chi connectivity index (χ3v) is 5.58. The Morgan fingerprint density at radius 2 is 1.87 bits per heavy atom. The van der Waals surface area contributed by atoms with Crippen molar-refractivity contribution in [3.05, 3.63) is 71.3 Å². The maximum atomic E-state index is 13.0. The van der Waals surface area contributed by atoms with E-state index in [1.54, 1.807) is 0 Å². The van der Waals surface area contributed by atoms with Gasteiger partial charge < -0.3 is 4.98 Å². The first kappa shape index (κ1) is 22.6. The molecule has 0 aliphatic rings. The molecule has 0 bridgehead atoms. The topological polar surface area (TPSA) is 91.5 Å². The Labute approximate surface area is 181 Å². The molecule has 0 amide bonds. The van der Waals surface area contributed by atoms with Crippen molar-refractivity contribution in [3.8, 4) is 0 Å². The van der Waals surface area contributed by atoms with Crippen molar-refractivity contribution in [2.75, 3.05) is 0 Å². The average Bonchev–Trinajstić information content (AvgIpc) is 3.46. The van der Waals surface area contributed by atoms with Gasteiger partial charge in [0.25, 0.3) is 5.78 Å². The minimum Gasteiger partial charge on any atom is -0.365 e. The number of benzene rings is 1. The summed E-state index contributed by atoms with van der Waals surface area (Å²) in [7, 11) is 0. The maximum Gasteiger partial charge on any atom is 0.265 e. The average molecular weight is 425 g/mol. The van der Waals surface area contributed by atoms with Gasteiger partial charge in [-0.15, -0.1) is 0 Å². The van der Waals surface area contributed by atoms with Crippen molar-refractivity contribution in [2.45, 2.75) is 64.2 Å². The zero-order valence-electron chi connectivity index (χ0n) is 17.9. The molecular weight excluding hydrogens is 395 g/mol. The van der Waals surface area contributed by atoms with E-state index in [-0.39, 0.29) is 18.1 Å². The van der Waals surface area contributed by atoms with Crippen LogP contribution in [0.2, 0.25) is 0 Å². The molecule has 1 atom stereocenters. The molecule has 31 heavy (non-hydrogen) atoms. The van der Waals surface area contributed by atoms with Crippen LogP contribution in [-0.2, 0) is 17.6 Å². The second-order valence-electron chi connectivity index (χ2n) is 7.89. The number of halogens is 1. The number of carbonyl (C=O) groups excluding carboxylic acids is 2. The Kier molecular flexibility index (Phi) is 8.27. The van der Waals surface area contributed by atoms with Crippen LogP contribution >= 0.6 is 0 Å². The fourth-order valence-corrected chi connectivity index (χ4v) is 3.98. The van der Waals surface area contributed by atoms with Gasteiger partial charge in [0.05, 0.1) is 0 Å². The number of aromatic nitrogens is 4. The van der Waals surface area contributed by atoms with E-state index >= 15 is 0 Å². The van der Waals surface area contributed by atoms with Gasteiger partial charge in [0, 0.05) is 18.3 Å². The van der Waals surface area contributed by atoms with E-state index in [4.69, 9.17) is 0 Å². The highest BCUT2D eigenvalue weighted by Gasteiger charge is 2.23. The zero-order chi connectivity index (χ0) is 22.1. The molecule has 7 heteroatoms. The third-order valence-electron chi connectivity index (χ3n) is 5.58. The fraction of sp³-hybridized carbons (Fsp3) is 0.417.